The van der Waals surface area contributed by atoms with Crippen molar-refractivity contribution in [2.45, 2.75) is 25.3 Å². The first-order valence-corrected chi connectivity index (χ1v) is 11.0. The largest absolute Gasteiger partial charge is 0.493 e. The molecule has 1 aromatic heterocycles. The Morgan fingerprint density at radius 2 is 1.73 bits per heavy atom. The van der Waals surface area contributed by atoms with Crippen LogP contribution in [0.4, 0.5) is 5.95 Å². The average Bonchev–Trinajstić information content (AvgIpc) is 3.26. The molecule has 0 fully saturated rings. The van der Waals surface area contributed by atoms with Crippen molar-refractivity contribution in [1.82, 2.24) is 14.8 Å². The molecule has 1 aliphatic carbocycles. The molecule has 0 spiro atoms. The lowest BCUT2D eigenvalue weighted by Gasteiger charge is -2.32. The number of methoxy groups -OCH3 is 3. The van der Waals surface area contributed by atoms with Crippen molar-refractivity contribution in [3.05, 3.63) is 58.3 Å². The third-order valence-corrected chi connectivity index (χ3v) is 6.23. The number of rotatable bonds is 5. The highest BCUT2D eigenvalue weighted by atomic mass is 35.5. The van der Waals surface area contributed by atoms with Gasteiger partial charge in [0.2, 0.25) is 11.7 Å². The fourth-order valence-electron chi connectivity index (χ4n) is 4.44. The fraction of sp³-hybridized carbons (Fsp3) is 0.292. The third kappa shape index (κ3) is 3.60. The normalized spacial score (nSPS) is 17.2. The summed E-state index contributed by atoms with van der Waals surface area (Å²) in [6.07, 6.45) is 2.12. The highest BCUT2D eigenvalue weighted by Crippen LogP contribution is 2.43. The van der Waals surface area contributed by atoms with Crippen LogP contribution in [0.25, 0.3) is 11.4 Å². The van der Waals surface area contributed by atoms with Crippen LogP contribution in [0.1, 0.15) is 30.9 Å². The zero-order valence-corrected chi connectivity index (χ0v) is 19.3. The summed E-state index contributed by atoms with van der Waals surface area (Å²) in [5.41, 5.74) is 3.26. The van der Waals surface area contributed by atoms with E-state index in [1.54, 1.807) is 38.1 Å². The van der Waals surface area contributed by atoms with E-state index in [-0.39, 0.29) is 11.8 Å². The van der Waals surface area contributed by atoms with E-state index >= 15 is 0 Å². The van der Waals surface area contributed by atoms with Crippen LogP contribution in [-0.2, 0) is 4.79 Å². The molecule has 3 aromatic rings. The number of carbonyl (C=O) groups excluding carboxylic acids is 1. The van der Waals surface area contributed by atoms with E-state index in [1.165, 1.54) is 0 Å². The maximum atomic E-state index is 13.0. The number of benzene rings is 2. The topological polar surface area (TPSA) is 87.5 Å². The first-order valence-electron chi connectivity index (χ1n) is 10.6. The average molecular weight is 467 g/mol. The highest BCUT2D eigenvalue weighted by molar-refractivity contribution is 6.30. The second-order valence-corrected chi connectivity index (χ2v) is 8.30. The molecule has 0 bridgehead atoms. The lowest BCUT2D eigenvalue weighted by atomic mass is 9.85. The summed E-state index contributed by atoms with van der Waals surface area (Å²) in [5, 5.41) is 8.78. The molecular weight excluding hydrogens is 444 g/mol. The minimum atomic E-state index is -0.385. The van der Waals surface area contributed by atoms with Gasteiger partial charge < -0.3 is 19.5 Å². The van der Waals surface area contributed by atoms with Crippen molar-refractivity contribution < 1.29 is 19.0 Å². The number of allylic oxidation sites excluding steroid dienone is 2. The van der Waals surface area contributed by atoms with Crippen molar-refractivity contribution in [2.24, 2.45) is 0 Å². The standard InChI is InChI=1S/C24H23ClN4O4/c1-31-18-11-14(12-19(32-2)22(18)33-3)23-27-24-26-16-5-4-6-17(30)20(16)21(29(24)28-23)13-7-9-15(25)10-8-13/h7-12,21H,4-6H2,1-3H3,(H,26,27,28). The second-order valence-electron chi connectivity index (χ2n) is 7.87. The molecule has 33 heavy (non-hydrogen) atoms. The van der Waals surface area contributed by atoms with Gasteiger partial charge in [-0.05, 0) is 42.7 Å². The fourth-order valence-corrected chi connectivity index (χ4v) is 4.57. The van der Waals surface area contributed by atoms with Crippen LogP contribution in [0, 0.1) is 0 Å². The minimum absolute atomic E-state index is 0.124. The molecule has 8 nitrogen and oxygen atoms in total. The Kier molecular flexibility index (Phi) is 5.46. The van der Waals surface area contributed by atoms with E-state index in [0.717, 1.165) is 29.7 Å². The molecule has 0 amide bonds. The molecular formula is C24H23ClN4O4. The van der Waals surface area contributed by atoms with Gasteiger partial charge in [0.15, 0.2) is 23.1 Å². The maximum Gasteiger partial charge on any atom is 0.226 e. The van der Waals surface area contributed by atoms with Gasteiger partial charge in [-0.15, -0.1) is 5.10 Å². The SMILES string of the molecule is COc1cc(-c2nc3n(n2)C(c2ccc(Cl)cc2)C2=C(CCCC2=O)N3)cc(OC)c1OC. The predicted octanol–water partition coefficient (Wildman–Crippen LogP) is 4.65. The summed E-state index contributed by atoms with van der Waals surface area (Å²) in [4.78, 5) is 17.7. The summed E-state index contributed by atoms with van der Waals surface area (Å²) in [6.45, 7) is 0. The highest BCUT2D eigenvalue weighted by Gasteiger charge is 2.37. The number of aromatic nitrogens is 3. The molecule has 2 heterocycles. The summed E-state index contributed by atoms with van der Waals surface area (Å²) in [6, 6.07) is 10.7. The summed E-state index contributed by atoms with van der Waals surface area (Å²) >= 11 is 6.12. The Morgan fingerprint density at radius 1 is 1.03 bits per heavy atom. The minimum Gasteiger partial charge on any atom is -0.493 e. The number of hydrogen-bond acceptors (Lipinski definition) is 7. The molecule has 0 saturated heterocycles. The van der Waals surface area contributed by atoms with E-state index < -0.39 is 0 Å². The molecule has 1 unspecified atom stereocenters. The number of nitrogens with zero attached hydrogens (tertiary/aromatic N) is 3. The molecule has 2 aliphatic rings. The Balaban J connectivity index is 1.66. The van der Waals surface area contributed by atoms with Gasteiger partial charge in [0, 0.05) is 28.3 Å². The first kappa shape index (κ1) is 21.3. The van der Waals surface area contributed by atoms with Gasteiger partial charge in [-0.2, -0.15) is 4.98 Å². The van der Waals surface area contributed by atoms with Gasteiger partial charge in [0.05, 0.1) is 21.3 Å². The predicted molar refractivity (Wildman–Crippen MR) is 124 cm³/mol. The molecule has 170 valence electrons. The first-order chi connectivity index (χ1) is 16.0. The van der Waals surface area contributed by atoms with Gasteiger partial charge in [-0.1, -0.05) is 23.7 Å². The van der Waals surface area contributed by atoms with Crippen LogP contribution in [0.15, 0.2) is 47.7 Å². The Hall–Kier alpha value is -3.52. The zero-order chi connectivity index (χ0) is 23.1. The number of ketones is 1. The van der Waals surface area contributed by atoms with Gasteiger partial charge in [-0.3, -0.25) is 4.79 Å². The lowest BCUT2D eigenvalue weighted by molar-refractivity contribution is -0.116. The van der Waals surface area contributed by atoms with E-state index in [9.17, 15) is 4.79 Å². The smallest absolute Gasteiger partial charge is 0.226 e. The Bertz CT molecular complexity index is 1240. The van der Waals surface area contributed by atoms with Crippen LogP contribution in [0.2, 0.25) is 5.02 Å². The number of halogens is 1. The van der Waals surface area contributed by atoms with Crippen molar-refractivity contribution in [1.29, 1.82) is 0 Å². The molecule has 9 heteroatoms. The van der Waals surface area contributed by atoms with Crippen LogP contribution in [-0.4, -0.2) is 41.9 Å². The summed E-state index contributed by atoms with van der Waals surface area (Å²) < 4.78 is 18.2. The monoisotopic (exact) mass is 466 g/mol. The van der Waals surface area contributed by atoms with Crippen LogP contribution >= 0.6 is 11.6 Å². The molecule has 1 atom stereocenters. The third-order valence-electron chi connectivity index (χ3n) is 5.98. The zero-order valence-electron chi connectivity index (χ0n) is 18.5. The number of nitrogens with one attached hydrogen (secondary N) is 1. The van der Waals surface area contributed by atoms with E-state index in [2.05, 4.69) is 5.32 Å². The number of anilines is 1. The van der Waals surface area contributed by atoms with Crippen LogP contribution in [0.3, 0.4) is 0 Å². The van der Waals surface area contributed by atoms with Gasteiger partial charge in [-0.25, -0.2) is 4.68 Å². The number of Topliss-reactive ketones (excluding diaryl/α,β-unsaturated/α-hetero) is 1. The van der Waals surface area contributed by atoms with Crippen molar-refractivity contribution in [3.8, 4) is 28.6 Å². The molecule has 1 aliphatic heterocycles. The van der Waals surface area contributed by atoms with Gasteiger partial charge in [0.1, 0.15) is 6.04 Å². The second kappa shape index (κ2) is 8.44. The van der Waals surface area contributed by atoms with E-state index in [0.29, 0.717) is 46.0 Å². The van der Waals surface area contributed by atoms with E-state index in [1.807, 2.05) is 24.3 Å². The van der Waals surface area contributed by atoms with Crippen LogP contribution < -0.4 is 19.5 Å². The van der Waals surface area contributed by atoms with Crippen molar-refractivity contribution in [3.63, 3.8) is 0 Å². The summed E-state index contributed by atoms with van der Waals surface area (Å²) in [5.74, 6) is 2.69. The number of ether oxygens (including phenoxy) is 3. The number of fused-ring (bicyclic) bond motifs is 1. The number of carbonyl (C=O) groups is 1. The molecule has 2 aromatic carbocycles. The summed E-state index contributed by atoms with van der Waals surface area (Å²) in [7, 11) is 4.68. The van der Waals surface area contributed by atoms with Gasteiger partial charge in [0.25, 0.3) is 0 Å². The van der Waals surface area contributed by atoms with Gasteiger partial charge >= 0.3 is 0 Å². The van der Waals surface area contributed by atoms with Crippen molar-refractivity contribution in [2.75, 3.05) is 26.6 Å². The molecule has 0 radical (unpaired) electrons. The Morgan fingerprint density at radius 3 is 2.36 bits per heavy atom. The van der Waals surface area contributed by atoms with E-state index in [4.69, 9.17) is 35.9 Å². The van der Waals surface area contributed by atoms with Crippen LogP contribution in [0.5, 0.6) is 17.2 Å². The quantitative estimate of drug-likeness (QED) is 0.585. The van der Waals surface area contributed by atoms with Crippen molar-refractivity contribution >= 4 is 23.3 Å². The lowest BCUT2D eigenvalue weighted by Crippen LogP contribution is -2.31. The maximum absolute atomic E-state index is 13.0. The molecule has 1 N–H and O–H groups in total. The molecule has 5 rings (SSSR count). The molecule has 0 saturated carbocycles. The Labute approximate surface area is 196 Å². The number of hydrogen-bond donors (Lipinski definition) is 1.